The van der Waals surface area contributed by atoms with E-state index in [2.05, 4.69) is 15.9 Å². The van der Waals surface area contributed by atoms with E-state index >= 15 is 0 Å². The molecule has 0 aliphatic rings. The van der Waals surface area contributed by atoms with Crippen molar-refractivity contribution in [3.63, 3.8) is 0 Å². The Morgan fingerprint density at radius 3 is 2.37 bits per heavy atom. The second kappa shape index (κ2) is 6.65. The van der Waals surface area contributed by atoms with Crippen LogP contribution in [0, 0.1) is 5.92 Å². The molecule has 1 aromatic heterocycles. The first kappa shape index (κ1) is 15.6. The molecule has 0 aliphatic carbocycles. The first-order valence-electron chi connectivity index (χ1n) is 5.99. The highest BCUT2D eigenvalue weighted by Gasteiger charge is 2.28. The molecular weight excluding hydrogens is 266 g/mol. The Morgan fingerprint density at radius 2 is 1.79 bits per heavy atom. The maximum Gasteiger partial charge on any atom is 0.251 e. The lowest BCUT2D eigenvalue weighted by atomic mass is 10.00. The monoisotopic (exact) mass is 283 g/mol. The van der Waals surface area contributed by atoms with Crippen LogP contribution in [-0.2, 0) is 0 Å². The Hall–Kier alpha value is -1.43. The molecule has 0 fully saturated rings. The van der Waals surface area contributed by atoms with E-state index in [0.717, 1.165) is 5.56 Å². The van der Waals surface area contributed by atoms with Crippen LogP contribution in [0.4, 0.5) is 0 Å². The molecule has 4 N–H and O–H groups in total. The van der Waals surface area contributed by atoms with E-state index in [0.29, 0.717) is 5.89 Å². The number of hydrogen-bond acceptors (Lipinski definition) is 4. The predicted octanol–water partition coefficient (Wildman–Crippen LogP) is -1.96. The van der Waals surface area contributed by atoms with Crippen LogP contribution in [-0.4, -0.2) is 21.3 Å². The van der Waals surface area contributed by atoms with Crippen molar-refractivity contribution in [1.82, 2.24) is 10.2 Å². The van der Waals surface area contributed by atoms with Gasteiger partial charge in [-0.25, -0.2) is 0 Å². The maximum absolute atomic E-state index is 10.1. The molecule has 0 saturated carbocycles. The van der Waals surface area contributed by atoms with Crippen LogP contribution < -0.4 is 18.1 Å². The molecule has 1 unspecified atom stereocenters. The van der Waals surface area contributed by atoms with Gasteiger partial charge in [0.1, 0.15) is 6.04 Å². The van der Waals surface area contributed by atoms with Gasteiger partial charge in [-0.05, 0) is 12.1 Å². The summed E-state index contributed by atoms with van der Waals surface area (Å²) in [6.07, 6.45) is -0.824. The average molecular weight is 284 g/mol. The molecule has 2 aromatic rings. The highest BCUT2D eigenvalue weighted by atomic mass is 35.5. The number of aliphatic hydroxyl groups is 1. The van der Waals surface area contributed by atoms with Crippen molar-refractivity contribution in [3.05, 3.63) is 36.2 Å². The summed E-state index contributed by atoms with van der Waals surface area (Å²) in [6, 6.07) is 9.30. The van der Waals surface area contributed by atoms with Crippen LogP contribution in [0.5, 0.6) is 0 Å². The Morgan fingerprint density at radius 1 is 1.16 bits per heavy atom. The van der Waals surface area contributed by atoms with Crippen LogP contribution in [0.2, 0.25) is 0 Å². The third-order valence-corrected chi connectivity index (χ3v) is 2.98. The molecule has 5 nitrogen and oxygen atoms in total. The Labute approximate surface area is 118 Å². The van der Waals surface area contributed by atoms with Crippen LogP contribution in [0.25, 0.3) is 11.5 Å². The largest absolute Gasteiger partial charge is 1.00 e. The zero-order valence-corrected chi connectivity index (χ0v) is 11.7. The van der Waals surface area contributed by atoms with Crippen molar-refractivity contribution in [2.75, 3.05) is 0 Å². The lowest BCUT2D eigenvalue weighted by Crippen LogP contribution is -3.00. The van der Waals surface area contributed by atoms with Crippen LogP contribution in [0.15, 0.2) is 34.7 Å². The van der Waals surface area contributed by atoms with Crippen molar-refractivity contribution in [2.24, 2.45) is 5.92 Å². The Kier molecular flexibility index (Phi) is 5.47. The zero-order valence-electron chi connectivity index (χ0n) is 11.0. The molecule has 19 heavy (non-hydrogen) atoms. The summed E-state index contributed by atoms with van der Waals surface area (Å²) < 4.78 is 5.49. The maximum atomic E-state index is 10.1. The van der Waals surface area contributed by atoms with Gasteiger partial charge in [-0.15, -0.1) is 10.2 Å². The van der Waals surface area contributed by atoms with E-state index in [9.17, 15) is 5.11 Å². The van der Waals surface area contributed by atoms with Crippen molar-refractivity contribution in [2.45, 2.75) is 26.0 Å². The SMILES string of the molecule is CC(C)[C@H]([NH3+])C(O)c1nnc(-c2ccccc2)o1.[Cl-]. The molecular formula is C13H18ClN3O2. The van der Waals surface area contributed by atoms with Crippen LogP contribution >= 0.6 is 0 Å². The predicted molar refractivity (Wildman–Crippen MR) is 66.2 cm³/mol. The zero-order chi connectivity index (χ0) is 13.1. The molecule has 2 atom stereocenters. The Bertz CT molecular complexity index is 502. The third kappa shape index (κ3) is 3.53. The van der Waals surface area contributed by atoms with Gasteiger partial charge < -0.3 is 27.7 Å². The normalized spacial score (nSPS) is 13.9. The average Bonchev–Trinajstić information content (AvgIpc) is 2.87. The van der Waals surface area contributed by atoms with Gasteiger partial charge in [-0.2, -0.15) is 0 Å². The number of halogens is 1. The Balaban J connectivity index is 0.00000180. The number of hydrogen-bond donors (Lipinski definition) is 2. The first-order valence-corrected chi connectivity index (χ1v) is 5.99. The lowest BCUT2D eigenvalue weighted by Gasteiger charge is -2.15. The topological polar surface area (TPSA) is 86.8 Å². The van der Waals surface area contributed by atoms with Crippen LogP contribution in [0.3, 0.4) is 0 Å². The van der Waals surface area contributed by atoms with Gasteiger partial charge in [0.15, 0.2) is 6.10 Å². The molecule has 0 amide bonds. The van der Waals surface area contributed by atoms with Crippen molar-refractivity contribution in [3.8, 4) is 11.5 Å². The lowest BCUT2D eigenvalue weighted by molar-refractivity contribution is -0.451. The van der Waals surface area contributed by atoms with Gasteiger partial charge in [0.05, 0.1) is 0 Å². The third-order valence-electron chi connectivity index (χ3n) is 2.98. The summed E-state index contributed by atoms with van der Waals surface area (Å²) in [7, 11) is 0. The highest BCUT2D eigenvalue weighted by molar-refractivity contribution is 5.51. The minimum Gasteiger partial charge on any atom is -1.00 e. The van der Waals surface area contributed by atoms with Gasteiger partial charge in [-0.1, -0.05) is 32.0 Å². The van der Waals surface area contributed by atoms with E-state index in [1.54, 1.807) is 0 Å². The molecule has 0 aliphatic heterocycles. The second-order valence-electron chi connectivity index (χ2n) is 4.66. The van der Waals surface area contributed by atoms with Crippen molar-refractivity contribution in [1.29, 1.82) is 0 Å². The fraction of sp³-hybridized carbons (Fsp3) is 0.385. The molecule has 0 radical (unpaired) electrons. The fourth-order valence-corrected chi connectivity index (χ4v) is 1.60. The molecule has 0 bridgehead atoms. The summed E-state index contributed by atoms with van der Waals surface area (Å²) in [6.45, 7) is 3.99. The standard InChI is InChI=1S/C13H17N3O2.ClH/c1-8(2)10(14)11(17)13-16-15-12(18-13)9-6-4-3-5-7-9;/h3-8,10-11,17H,14H2,1-2H3;1H/t10-,11?;/m0./s1. The number of quaternary nitrogens is 1. The van der Waals surface area contributed by atoms with E-state index < -0.39 is 6.10 Å². The number of aromatic nitrogens is 2. The fourth-order valence-electron chi connectivity index (χ4n) is 1.60. The number of aliphatic hydroxyl groups excluding tert-OH is 1. The molecule has 0 spiro atoms. The van der Waals surface area contributed by atoms with Crippen molar-refractivity contribution < 1.29 is 27.7 Å². The molecule has 1 aromatic carbocycles. The van der Waals surface area contributed by atoms with Gasteiger partial charge >= 0.3 is 0 Å². The molecule has 104 valence electrons. The summed E-state index contributed by atoms with van der Waals surface area (Å²) in [4.78, 5) is 0. The number of nitrogens with zero attached hydrogens (tertiary/aromatic N) is 2. The highest BCUT2D eigenvalue weighted by Crippen LogP contribution is 2.22. The van der Waals surface area contributed by atoms with Gasteiger partial charge in [0.2, 0.25) is 5.89 Å². The summed E-state index contributed by atoms with van der Waals surface area (Å²) in [5, 5.41) is 17.9. The molecule has 6 heteroatoms. The summed E-state index contributed by atoms with van der Waals surface area (Å²) >= 11 is 0. The molecule has 0 saturated heterocycles. The number of rotatable bonds is 4. The smallest absolute Gasteiger partial charge is 0.251 e. The quantitative estimate of drug-likeness (QED) is 0.682. The minimum absolute atomic E-state index is 0. The van der Waals surface area contributed by atoms with E-state index in [1.807, 2.05) is 44.2 Å². The van der Waals surface area contributed by atoms with E-state index in [1.165, 1.54) is 0 Å². The van der Waals surface area contributed by atoms with Crippen molar-refractivity contribution >= 4 is 0 Å². The van der Waals surface area contributed by atoms with Gasteiger partial charge in [0.25, 0.3) is 5.89 Å². The first-order chi connectivity index (χ1) is 8.59. The number of benzene rings is 1. The minimum atomic E-state index is -0.824. The van der Waals surface area contributed by atoms with Crippen LogP contribution in [0.1, 0.15) is 25.8 Å². The molecule has 2 rings (SSSR count). The second-order valence-corrected chi connectivity index (χ2v) is 4.66. The summed E-state index contributed by atoms with van der Waals surface area (Å²) in [5.41, 5.74) is 4.76. The van der Waals surface area contributed by atoms with Gasteiger partial charge in [-0.3, -0.25) is 0 Å². The van der Waals surface area contributed by atoms with E-state index in [-0.39, 0.29) is 30.3 Å². The molecule has 1 heterocycles. The van der Waals surface area contributed by atoms with E-state index in [4.69, 9.17) is 4.42 Å². The van der Waals surface area contributed by atoms with Gasteiger partial charge in [0, 0.05) is 11.5 Å². The summed E-state index contributed by atoms with van der Waals surface area (Å²) in [5.74, 6) is 0.884.